The zero-order chi connectivity index (χ0) is 11.5. The average molecular weight is 284 g/mol. The highest BCUT2D eigenvalue weighted by molar-refractivity contribution is 9.10. The van der Waals surface area contributed by atoms with Gasteiger partial charge >= 0.3 is 0 Å². The van der Waals surface area contributed by atoms with Gasteiger partial charge in [-0.05, 0) is 40.2 Å². The first-order valence-electron chi connectivity index (χ1n) is 4.48. The Morgan fingerprint density at radius 3 is 2.62 bits per heavy atom. The number of hydrogen-bond acceptors (Lipinski definition) is 2. The Labute approximate surface area is 99.4 Å². The number of para-hydroxylation sites is 1. The second-order valence-electron chi connectivity index (χ2n) is 3.04. The highest BCUT2D eigenvalue weighted by Crippen LogP contribution is 2.17. The van der Waals surface area contributed by atoms with E-state index in [0.29, 0.717) is 4.67 Å². The topological polar surface area (TPSA) is 42.2 Å². The summed E-state index contributed by atoms with van der Waals surface area (Å²) in [6.07, 6.45) is 0. The molecule has 0 fully saturated rings. The van der Waals surface area contributed by atoms with Gasteiger partial charge in [0.2, 0.25) is 0 Å². The fourth-order valence-electron chi connectivity index (χ4n) is 1.18. The lowest BCUT2D eigenvalue weighted by Gasteiger charge is -2.03. The molecule has 1 heterocycles. The van der Waals surface area contributed by atoms with Gasteiger partial charge in [0.1, 0.15) is 5.82 Å². The second-order valence-corrected chi connectivity index (χ2v) is 3.82. The van der Waals surface area contributed by atoms with Crippen LogP contribution in [0, 0.1) is 5.82 Å². The molecule has 0 aliphatic carbocycles. The molecule has 0 aliphatic heterocycles. The molecule has 0 radical (unpaired) electrons. The van der Waals surface area contributed by atoms with Crippen molar-refractivity contribution in [2.45, 2.75) is 0 Å². The molecule has 3 nitrogen and oxygen atoms in total. The quantitative estimate of drug-likeness (QED) is 0.918. The zero-order valence-corrected chi connectivity index (χ0v) is 9.62. The van der Waals surface area contributed by atoms with Gasteiger partial charge in [0.15, 0.2) is 10.4 Å². The van der Waals surface area contributed by atoms with Gasteiger partial charge in [-0.25, -0.2) is 4.39 Å². The fourth-order valence-corrected chi connectivity index (χ4v) is 1.49. The predicted molar refractivity (Wildman–Crippen MR) is 60.8 cm³/mol. The van der Waals surface area contributed by atoms with Crippen LogP contribution in [-0.4, -0.2) is 5.91 Å². The number of carbonyl (C=O) groups excluding carboxylic acids is 1. The first-order chi connectivity index (χ1) is 7.66. The van der Waals surface area contributed by atoms with Crippen molar-refractivity contribution in [3.8, 4) is 0 Å². The van der Waals surface area contributed by atoms with Crippen LogP contribution in [-0.2, 0) is 0 Å². The summed E-state index contributed by atoms with van der Waals surface area (Å²) in [5, 5.41) is 2.41. The number of amides is 1. The van der Waals surface area contributed by atoms with Crippen molar-refractivity contribution in [2.75, 3.05) is 5.32 Å². The molecule has 0 saturated carbocycles. The smallest absolute Gasteiger partial charge is 0.291 e. The number of furan rings is 1. The number of hydrogen-bond donors (Lipinski definition) is 1. The van der Waals surface area contributed by atoms with Gasteiger partial charge < -0.3 is 9.73 Å². The molecule has 16 heavy (non-hydrogen) atoms. The number of nitrogens with one attached hydrogen (secondary N) is 1. The monoisotopic (exact) mass is 283 g/mol. The normalized spacial score (nSPS) is 10.1. The van der Waals surface area contributed by atoms with E-state index in [1.165, 1.54) is 18.2 Å². The maximum absolute atomic E-state index is 13.2. The molecule has 1 aromatic carbocycles. The van der Waals surface area contributed by atoms with E-state index >= 15 is 0 Å². The summed E-state index contributed by atoms with van der Waals surface area (Å²) in [6.45, 7) is 0. The molecule has 82 valence electrons. The minimum absolute atomic E-state index is 0.120. The van der Waals surface area contributed by atoms with Gasteiger partial charge in [0.05, 0.1) is 5.69 Å². The van der Waals surface area contributed by atoms with E-state index in [4.69, 9.17) is 4.42 Å². The van der Waals surface area contributed by atoms with Crippen LogP contribution in [0.3, 0.4) is 0 Å². The SMILES string of the molecule is O=C(Nc1ccccc1F)c1ccc(Br)o1. The fraction of sp³-hybridized carbons (Fsp3) is 0. The Morgan fingerprint density at radius 2 is 2.00 bits per heavy atom. The number of anilines is 1. The average Bonchev–Trinajstić information content (AvgIpc) is 2.68. The van der Waals surface area contributed by atoms with Crippen LogP contribution in [0.1, 0.15) is 10.6 Å². The molecule has 2 aromatic rings. The van der Waals surface area contributed by atoms with Crippen molar-refractivity contribution in [1.82, 2.24) is 0 Å². The zero-order valence-electron chi connectivity index (χ0n) is 8.04. The van der Waals surface area contributed by atoms with Crippen LogP contribution in [0.5, 0.6) is 0 Å². The Morgan fingerprint density at radius 1 is 1.25 bits per heavy atom. The molecule has 0 saturated heterocycles. The molecule has 0 unspecified atom stereocenters. The van der Waals surface area contributed by atoms with Crippen molar-refractivity contribution in [3.05, 3.63) is 52.6 Å². The molecule has 0 aliphatic rings. The minimum atomic E-state index is -0.490. The third kappa shape index (κ3) is 2.30. The summed E-state index contributed by atoms with van der Waals surface area (Å²) in [6, 6.07) is 9.03. The Hall–Kier alpha value is -1.62. The molecular formula is C11H7BrFNO2. The van der Waals surface area contributed by atoms with Gasteiger partial charge in [-0.3, -0.25) is 4.79 Å². The third-order valence-corrected chi connectivity index (χ3v) is 2.35. The molecule has 1 N–H and O–H groups in total. The second kappa shape index (κ2) is 4.49. The molecule has 1 amide bonds. The Balaban J connectivity index is 2.17. The van der Waals surface area contributed by atoms with Gasteiger partial charge in [0, 0.05) is 0 Å². The van der Waals surface area contributed by atoms with Crippen molar-refractivity contribution in [3.63, 3.8) is 0 Å². The molecule has 0 bridgehead atoms. The van der Waals surface area contributed by atoms with Crippen LogP contribution >= 0.6 is 15.9 Å². The number of benzene rings is 1. The van der Waals surface area contributed by atoms with Crippen LogP contribution in [0.25, 0.3) is 0 Å². The standard InChI is InChI=1S/C11H7BrFNO2/c12-10-6-5-9(16-10)11(15)14-8-4-2-1-3-7(8)13/h1-6H,(H,14,15). The van der Waals surface area contributed by atoms with Gasteiger partial charge in [0.25, 0.3) is 5.91 Å². The molecule has 2 rings (SSSR count). The van der Waals surface area contributed by atoms with E-state index < -0.39 is 11.7 Å². The molecule has 1 aromatic heterocycles. The lowest BCUT2D eigenvalue weighted by Crippen LogP contribution is -2.11. The maximum atomic E-state index is 13.2. The van der Waals surface area contributed by atoms with E-state index in [-0.39, 0.29) is 11.4 Å². The first-order valence-corrected chi connectivity index (χ1v) is 5.27. The van der Waals surface area contributed by atoms with Crippen LogP contribution in [0.2, 0.25) is 0 Å². The summed E-state index contributed by atoms with van der Waals surface area (Å²) in [7, 11) is 0. The summed E-state index contributed by atoms with van der Waals surface area (Å²) in [4.78, 5) is 11.6. The Kier molecular flexibility index (Phi) is 3.05. The largest absolute Gasteiger partial charge is 0.444 e. The predicted octanol–water partition coefficient (Wildman–Crippen LogP) is 3.43. The number of rotatable bonds is 2. The molecule has 5 heteroatoms. The summed E-state index contributed by atoms with van der Waals surface area (Å²) in [5.41, 5.74) is 0.125. The molecule has 0 spiro atoms. The molecule has 0 atom stereocenters. The first kappa shape index (κ1) is 10.9. The van der Waals surface area contributed by atoms with Crippen LogP contribution in [0.4, 0.5) is 10.1 Å². The number of halogens is 2. The van der Waals surface area contributed by atoms with Crippen molar-refractivity contribution in [2.24, 2.45) is 0 Å². The highest BCUT2D eigenvalue weighted by atomic mass is 79.9. The lowest BCUT2D eigenvalue weighted by molar-refractivity contribution is 0.0995. The van der Waals surface area contributed by atoms with E-state index in [1.54, 1.807) is 18.2 Å². The summed E-state index contributed by atoms with van der Waals surface area (Å²) in [5.74, 6) is -0.854. The minimum Gasteiger partial charge on any atom is -0.444 e. The van der Waals surface area contributed by atoms with Crippen molar-refractivity contribution in [1.29, 1.82) is 0 Å². The van der Waals surface area contributed by atoms with Gasteiger partial charge in [-0.1, -0.05) is 12.1 Å². The van der Waals surface area contributed by atoms with Crippen LogP contribution < -0.4 is 5.32 Å². The van der Waals surface area contributed by atoms with E-state index in [0.717, 1.165) is 0 Å². The highest BCUT2D eigenvalue weighted by Gasteiger charge is 2.12. The van der Waals surface area contributed by atoms with E-state index in [1.807, 2.05) is 0 Å². The summed E-state index contributed by atoms with van der Waals surface area (Å²) < 4.78 is 18.7. The Bertz CT molecular complexity index is 524. The van der Waals surface area contributed by atoms with Crippen molar-refractivity contribution < 1.29 is 13.6 Å². The lowest BCUT2D eigenvalue weighted by atomic mass is 10.3. The van der Waals surface area contributed by atoms with Crippen molar-refractivity contribution >= 4 is 27.5 Å². The van der Waals surface area contributed by atoms with E-state index in [9.17, 15) is 9.18 Å². The number of carbonyl (C=O) groups is 1. The third-order valence-electron chi connectivity index (χ3n) is 1.92. The maximum Gasteiger partial charge on any atom is 0.291 e. The van der Waals surface area contributed by atoms with Gasteiger partial charge in [-0.15, -0.1) is 0 Å². The molecular weight excluding hydrogens is 277 g/mol. The van der Waals surface area contributed by atoms with E-state index in [2.05, 4.69) is 21.2 Å². The van der Waals surface area contributed by atoms with Gasteiger partial charge in [-0.2, -0.15) is 0 Å². The summed E-state index contributed by atoms with van der Waals surface area (Å²) >= 11 is 3.08. The van der Waals surface area contributed by atoms with Crippen LogP contribution in [0.15, 0.2) is 45.5 Å².